The molecule has 0 spiro atoms. The van der Waals surface area contributed by atoms with Crippen molar-refractivity contribution in [3.63, 3.8) is 0 Å². The Hall–Kier alpha value is 0.434. The van der Waals surface area contributed by atoms with Gasteiger partial charge in [0.1, 0.15) is 0 Å². The summed E-state index contributed by atoms with van der Waals surface area (Å²) >= 11 is 0. The van der Waals surface area contributed by atoms with E-state index >= 15 is 0 Å². The van der Waals surface area contributed by atoms with Gasteiger partial charge < -0.3 is 0 Å². The van der Waals surface area contributed by atoms with Gasteiger partial charge >= 0.3 is 0 Å². The van der Waals surface area contributed by atoms with Gasteiger partial charge in [0.2, 0.25) is 0 Å². The zero-order valence-corrected chi connectivity index (χ0v) is 8.15. The molecule has 0 radical (unpaired) electrons. The molecule has 0 fully saturated rings. The van der Waals surface area contributed by atoms with Gasteiger partial charge in [-0.1, -0.05) is 25.2 Å². The van der Waals surface area contributed by atoms with Gasteiger partial charge in [-0.2, -0.15) is 0 Å². The smallest absolute Gasteiger partial charge is 0.0299 e. The molecule has 0 aliphatic heterocycles. The quantitative estimate of drug-likeness (QED) is 0.454. The van der Waals surface area contributed by atoms with E-state index in [1.54, 1.807) is 5.67 Å². The summed E-state index contributed by atoms with van der Waals surface area (Å²) in [5.41, 5.74) is 1.61. The van der Waals surface area contributed by atoms with E-state index in [-0.39, 0.29) is 8.80 Å². The summed E-state index contributed by atoms with van der Waals surface area (Å²) in [5.74, 6) is 0. The third-order valence-electron chi connectivity index (χ3n) is 1.39. The van der Waals surface area contributed by atoms with E-state index in [4.69, 9.17) is 0 Å². The molecule has 0 aliphatic carbocycles. The van der Waals surface area contributed by atoms with Crippen LogP contribution < -0.4 is 0 Å². The van der Waals surface area contributed by atoms with Crippen LogP contribution in [0, 0.1) is 0 Å². The maximum Gasteiger partial charge on any atom is 0.0299 e. The standard InChI is InChI=1S/C4H14Si2/c1-3-6(2)4-5/h6H,3-4H2,1-2,5H3/t6-/m1/s1. The minimum Gasteiger partial charge on any atom is -0.0723 e. The monoisotopic (exact) mass is 118 g/mol. The third kappa shape index (κ3) is 2.66. The zero-order valence-electron chi connectivity index (χ0n) is 4.99. The maximum absolute atomic E-state index is 2.45. The molecule has 0 unspecified atom stereocenters. The molecule has 0 saturated carbocycles. The van der Waals surface area contributed by atoms with Gasteiger partial charge in [0, 0.05) is 8.80 Å². The van der Waals surface area contributed by atoms with Crippen molar-refractivity contribution in [2.75, 3.05) is 0 Å². The highest BCUT2D eigenvalue weighted by atomic mass is 28.3. The van der Waals surface area contributed by atoms with Crippen LogP contribution in [-0.4, -0.2) is 19.0 Å². The average molecular weight is 118 g/mol. The zero-order chi connectivity index (χ0) is 4.99. The molecule has 0 saturated heterocycles. The van der Waals surface area contributed by atoms with Crippen LogP contribution >= 0.6 is 0 Å². The molecule has 0 N–H and O–H groups in total. The first-order chi connectivity index (χ1) is 2.81. The molecule has 2 heteroatoms. The van der Waals surface area contributed by atoms with Crippen molar-refractivity contribution >= 4 is 19.0 Å². The van der Waals surface area contributed by atoms with Crippen molar-refractivity contribution in [2.24, 2.45) is 0 Å². The molecule has 0 rings (SSSR count). The predicted octanol–water partition coefficient (Wildman–Crippen LogP) is 0.186. The van der Waals surface area contributed by atoms with Gasteiger partial charge in [0.25, 0.3) is 0 Å². The molecule has 0 bridgehead atoms. The Bertz CT molecular complexity index is 24.7. The van der Waals surface area contributed by atoms with Crippen LogP contribution in [0.1, 0.15) is 6.92 Å². The van der Waals surface area contributed by atoms with Crippen molar-refractivity contribution < 1.29 is 0 Å². The Morgan fingerprint density at radius 2 is 2.17 bits per heavy atom. The summed E-state index contributed by atoms with van der Waals surface area (Å²) in [6.45, 7) is 4.77. The second-order valence-electron chi connectivity index (χ2n) is 1.92. The largest absolute Gasteiger partial charge is 0.0723 e. The van der Waals surface area contributed by atoms with Gasteiger partial charge in [-0.25, -0.2) is 0 Å². The molecular formula is C4H14Si2. The Balaban J connectivity index is 2.75. The molecule has 0 heterocycles. The molecule has 0 amide bonds. The van der Waals surface area contributed by atoms with E-state index in [1.807, 2.05) is 0 Å². The lowest BCUT2D eigenvalue weighted by Crippen LogP contribution is -2.01. The van der Waals surface area contributed by atoms with Crippen LogP contribution in [0.4, 0.5) is 0 Å². The molecule has 38 valence electrons. The van der Waals surface area contributed by atoms with Crippen molar-refractivity contribution in [3.05, 3.63) is 0 Å². The van der Waals surface area contributed by atoms with E-state index < -0.39 is 0 Å². The second-order valence-corrected chi connectivity index (χ2v) is 8.21. The topological polar surface area (TPSA) is 0 Å². The van der Waals surface area contributed by atoms with Gasteiger partial charge in [0.05, 0.1) is 0 Å². The number of hydrogen-bond donors (Lipinski definition) is 0. The first-order valence-corrected chi connectivity index (χ1v) is 7.01. The van der Waals surface area contributed by atoms with Gasteiger partial charge in [-0.3, -0.25) is 0 Å². The SMILES string of the molecule is CC[Si@@H](C)C[SiH3]. The fourth-order valence-corrected chi connectivity index (χ4v) is 2.60. The Labute approximate surface area is 45.0 Å². The molecule has 0 aromatic carbocycles. The molecule has 0 aromatic rings. The van der Waals surface area contributed by atoms with E-state index in [0.29, 0.717) is 0 Å². The first-order valence-electron chi connectivity index (χ1n) is 2.81. The van der Waals surface area contributed by atoms with Crippen LogP contribution in [0.15, 0.2) is 0 Å². The second kappa shape index (κ2) is 3.62. The van der Waals surface area contributed by atoms with Gasteiger partial charge in [-0.05, 0) is 10.2 Å². The normalized spacial score (nSPS) is 15.0. The summed E-state index contributed by atoms with van der Waals surface area (Å²) in [4.78, 5) is 0. The maximum atomic E-state index is 2.45. The minimum absolute atomic E-state index is 0.0988. The van der Waals surface area contributed by atoms with Crippen LogP contribution in [-0.2, 0) is 0 Å². The molecule has 0 aromatic heterocycles. The van der Waals surface area contributed by atoms with Crippen molar-refractivity contribution in [2.45, 2.75) is 25.2 Å². The summed E-state index contributed by atoms with van der Waals surface area (Å²) < 4.78 is 0. The van der Waals surface area contributed by atoms with E-state index in [9.17, 15) is 0 Å². The van der Waals surface area contributed by atoms with Crippen molar-refractivity contribution in [3.8, 4) is 0 Å². The first kappa shape index (κ1) is 6.43. The van der Waals surface area contributed by atoms with Crippen LogP contribution in [0.3, 0.4) is 0 Å². The highest BCUT2D eigenvalue weighted by Gasteiger charge is 1.91. The van der Waals surface area contributed by atoms with Gasteiger partial charge in [-0.15, -0.1) is 0 Å². The molecule has 0 nitrogen and oxygen atoms in total. The summed E-state index contributed by atoms with van der Waals surface area (Å²) in [6, 6.07) is 1.50. The fraction of sp³-hybridized carbons (Fsp3) is 1.00. The summed E-state index contributed by atoms with van der Waals surface area (Å²) in [6.07, 6.45) is 0. The predicted molar refractivity (Wildman–Crippen MR) is 38.2 cm³/mol. The van der Waals surface area contributed by atoms with Crippen molar-refractivity contribution in [1.29, 1.82) is 0 Å². The molecule has 0 aliphatic rings. The molecule has 1 atom stereocenters. The Morgan fingerprint density at radius 3 is 2.17 bits per heavy atom. The van der Waals surface area contributed by atoms with Crippen LogP contribution in [0.5, 0.6) is 0 Å². The number of rotatable bonds is 2. The number of hydrogen-bond acceptors (Lipinski definition) is 0. The van der Waals surface area contributed by atoms with Gasteiger partial charge in [0.15, 0.2) is 0 Å². The highest BCUT2D eigenvalue weighted by molar-refractivity contribution is 6.64. The van der Waals surface area contributed by atoms with Crippen LogP contribution in [0.25, 0.3) is 0 Å². The lowest BCUT2D eigenvalue weighted by Gasteiger charge is -1.96. The Kier molecular flexibility index (Phi) is 3.88. The minimum atomic E-state index is -0.0988. The lowest BCUT2D eigenvalue weighted by atomic mass is 11.0. The average Bonchev–Trinajstić information content (AvgIpc) is 1.65. The van der Waals surface area contributed by atoms with Crippen molar-refractivity contribution in [1.82, 2.24) is 0 Å². The van der Waals surface area contributed by atoms with E-state index in [0.717, 1.165) is 0 Å². The third-order valence-corrected chi connectivity index (χ3v) is 8.36. The van der Waals surface area contributed by atoms with E-state index in [2.05, 4.69) is 13.5 Å². The molecular weight excluding hydrogens is 104 g/mol. The van der Waals surface area contributed by atoms with E-state index in [1.165, 1.54) is 16.3 Å². The fourth-order valence-electron chi connectivity index (χ4n) is 0.289. The van der Waals surface area contributed by atoms with Crippen LogP contribution in [0.2, 0.25) is 18.3 Å². The summed E-state index contributed by atoms with van der Waals surface area (Å²) in [7, 11) is 1.35. The lowest BCUT2D eigenvalue weighted by molar-refractivity contribution is 1.40. The Morgan fingerprint density at radius 1 is 1.67 bits per heavy atom. The summed E-state index contributed by atoms with van der Waals surface area (Å²) in [5, 5.41) is 0. The molecule has 6 heavy (non-hydrogen) atoms. The highest BCUT2D eigenvalue weighted by Crippen LogP contribution is 1.91.